The van der Waals surface area contributed by atoms with E-state index in [4.69, 9.17) is 5.73 Å². The van der Waals surface area contributed by atoms with Crippen LogP contribution in [0.2, 0.25) is 0 Å². The van der Waals surface area contributed by atoms with Crippen molar-refractivity contribution in [2.24, 2.45) is 0 Å². The van der Waals surface area contributed by atoms with Crippen LogP contribution in [0.1, 0.15) is 0 Å². The number of rotatable bonds is 1. The molecule has 0 spiro atoms. The van der Waals surface area contributed by atoms with Crippen LogP contribution in [0.3, 0.4) is 0 Å². The highest BCUT2D eigenvalue weighted by Crippen LogP contribution is 2.17. The Morgan fingerprint density at radius 2 is 2.00 bits per heavy atom. The zero-order chi connectivity index (χ0) is 9.84. The van der Waals surface area contributed by atoms with E-state index in [2.05, 4.69) is 18.1 Å². The van der Waals surface area contributed by atoms with Crippen LogP contribution in [0.4, 0.5) is 16.2 Å². The lowest BCUT2D eigenvalue weighted by Crippen LogP contribution is -2.30. The summed E-state index contributed by atoms with van der Waals surface area (Å²) in [4.78, 5) is 11.1. The topological polar surface area (TPSA) is 58.4 Å². The van der Waals surface area contributed by atoms with Gasteiger partial charge in [-0.05, 0) is 24.3 Å². The molecule has 0 aliphatic heterocycles. The number of urea groups is 1. The fraction of sp³-hybridized carbons (Fsp3) is 0.125. The van der Waals surface area contributed by atoms with E-state index >= 15 is 0 Å². The first-order valence-corrected chi connectivity index (χ1v) is 4.11. The molecule has 1 rings (SSSR count). The summed E-state index contributed by atoms with van der Waals surface area (Å²) in [6.07, 6.45) is 0. The van der Waals surface area contributed by atoms with Gasteiger partial charge in [-0.3, -0.25) is 0 Å². The molecule has 0 saturated heterocycles. The van der Waals surface area contributed by atoms with Crippen LogP contribution in [0.15, 0.2) is 24.3 Å². The molecule has 5 heteroatoms. The number of nitrogens with zero attached hydrogens (tertiary/aromatic N) is 1. The average Bonchev–Trinajstić information content (AvgIpc) is 2.17. The number of nitrogen functional groups attached to an aromatic ring is 1. The van der Waals surface area contributed by atoms with E-state index in [1.807, 2.05) is 0 Å². The Morgan fingerprint density at radius 1 is 1.46 bits per heavy atom. The first-order valence-electron chi connectivity index (χ1n) is 3.71. The number of carbonyl (C=O) groups excluding carboxylic acids is 1. The van der Waals surface area contributed by atoms with Gasteiger partial charge in [-0.15, -0.1) is 0 Å². The molecule has 0 atom stereocenters. The largest absolute Gasteiger partial charge is 0.399 e. The van der Waals surface area contributed by atoms with Crippen LogP contribution in [-0.2, 0) is 0 Å². The molecule has 0 aromatic heterocycles. The standard InChI is InChI=1S/C8H11N3OS/c1-10-8(12)11(13)7-4-2-6(9)3-5-7/h2-5,13H,9H2,1H3,(H,10,12). The van der Waals surface area contributed by atoms with Gasteiger partial charge in [-0.1, -0.05) is 12.8 Å². The molecule has 0 aliphatic carbocycles. The summed E-state index contributed by atoms with van der Waals surface area (Å²) in [5.74, 6) is 0. The van der Waals surface area contributed by atoms with Crippen molar-refractivity contribution in [2.75, 3.05) is 17.1 Å². The lowest BCUT2D eigenvalue weighted by atomic mass is 10.3. The molecule has 0 unspecified atom stereocenters. The first-order chi connectivity index (χ1) is 6.15. The number of benzene rings is 1. The van der Waals surface area contributed by atoms with Gasteiger partial charge >= 0.3 is 6.03 Å². The molecule has 0 heterocycles. The summed E-state index contributed by atoms with van der Waals surface area (Å²) in [6, 6.07) is 6.58. The molecule has 3 N–H and O–H groups in total. The van der Waals surface area contributed by atoms with Crippen molar-refractivity contribution in [3.05, 3.63) is 24.3 Å². The second kappa shape index (κ2) is 4.04. The van der Waals surface area contributed by atoms with Gasteiger partial charge in [-0.25, -0.2) is 9.10 Å². The van der Waals surface area contributed by atoms with E-state index in [1.54, 1.807) is 31.3 Å². The zero-order valence-corrected chi connectivity index (χ0v) is 8.08. The number of carbonyl (C=O) groups is 1. The molecular formula is C8H11N3OS. The van der Waals surface area contributed by atoms with Gasteiger partial charge < -0.3 is 11.1 Å². The predicted octanol–water partition coefficient (Wildman–Crippen LogP) is 1.26. The molecule has 1 aromatic rings. The maximum atomic E-state index is 11.1. The van der Waals surface area contributed by atoms with E-state index in [0.29, 0.717) is 11.4 Å². The number of nitrogens with one attached hydrogen (secondary N) is 1. The third kappa shape index (κ3) is 2.29. The Balaban J connectivity index is 2.83. The van der Waals surface area contributed by atoms with Gasteiger partial charge in [0, 0.05) is 12.7 Å². The van der Waals surface area contributed by atoms with Crippen LogP contribution < -0.4 is 15.4 Å². The Morgan fingerprint density at radius 3 is 2.46 bits per heavy atom. The molecule has 0 radical (unpaired) electrons. The summed E-state index contributed by atoms with van der Waals surface area (Å²) in [5.41, 5.74) is 6.82. The Labute approximate surface area is 82.3 Å². The molecule has 4 nitrogen and oxygen atoms in total. The van der Waals surface area contributed by atoms with Gasteiger partial charge in [0.05, 0.1) is 5.69 Å². The number of amides is 2. The van der Waals surface area contributed by atoms with Gasteiger partial charge in [0.2, 0.25) is 0 Å². The summed E-state index contributed by atoms with van der Waals surface area (Å²) in [7, 11) is 1.54. The van der Waals surface area contributed by atoms with Gasteiger partial charge in [0.25, 0.3) is 0 Å². The second-order valence-corrected chi connectivity index (χ2v) is 2.86. The summed E-state index contributed by atoms with van der Waals surface area (Å²) >= 11 is 4.01. The average molecular weight is 197 g/mol. The maximum absolute atomic E-state index is 11.1. The number of nitrogens with two attached hydrogens (primary N) is 1. The fourth-order valence-electron chi connectivity index (χ4n) is 0.839. The van der Waals surface area contributed by atoms with Crippen molar-refractivity contribution >= 4 is 30.2 Å². The molecular weight excluding hydrogens is 186 g/mol. The van der Waals surface area contributed by atoms with E-state index in [-0.39, 0.29) is 6.03 Å². The molecule has 13 heavy (non-hydrogen) atoms. The molecule has 1 aromatic carbocycles. The minimum absolute atomic E-state index is 0.284. The van der Waals surface area contributed by atoms with E-state index in [0.717, 1.165) is 0 Å². The summed E-state index contributed by atoms with van der Waals surface area (Å²) in [5, 5.41) is 2.46. The monoisotopic (exact) mass is 197 g/mol. The van der Waals surface area contributed by atoms with Crippen molar-refractivity contribution in [1.82, 2.24) is 5.32 Å². The maximum Gasteiger partial charge on any atom is 0.331 e. The Hall–Kier alpha value is -1.36. The molecule has 0 fully saturated rings. The predicted molar refractivity (Wildman–Crippen MR) is 56.8 cm³/mol. The smallest absolute Gasteiger partial charge is 0.331 e. The van der Waals surface area contributed by atoms with Crippen LogP contribution in [0.5, 0.6) is 0 Å². The molecule has 0 aliphatic rings. The Kier molecular flexibility index (Phi) is 3.02. The van der Waals surface area contributed by atoms with Gasteiger partial charge in [0.1, 0.15) is 0 Å². The van der Waals surface area contributed by atoms with Crippen molar-refractivity contribution in [2.45, 2.75) is 0 Å². The Bertz CT molecular complexity index is 299. The SMILES string of the molecule is CNC(=O)N(S)c1ccc(N)cc1. The van der Waals surface area contributed by atoms with Crippen molar-refractivity contribution in [3.8, 4) is 0 Å². The normalized spacial score (nSPS) is 9.38. The van der Waals surface area contributed by atoms with Crippen molar-refractivity contribution < 1.29 is 4.79 Å². The minimum atomic E-state index is -0.284. The first kappa shape index (κ1) is 9.73. The third-order valence-electron chi connectivity index (χ3n) is 1.54. The van der Waals surface area contributed by atoms with Crippen molar-refractivity contribution in [1.29, 1.82) is 0 Å². The third-order valence-corrected chi connectivity index (χ3v) is 1.96. The summed E-state index contributed by atoms with van der Waals surface area (Å²) in [6.45, 7) is 0. The quantitative estimate of drug-likeness (QED) is 0.469. The second-order valence-electron chi connectivity index (χ2n) is 2.46. The lowest BCUT2D eigenvalue weighted by Gasteiger charge is -2.14. The molecule has 0 saturated carbocycles. The highest BCUT2D eigenvalue weighted by molar-refractivity contribution is 7.82. The van der Waals surface area contributed by atoms with Gasteiger partial charge in [0.15, 0.2) is 0 Å². The molecule has 70 valence electrons. The van der Waals surface area contributed by atoms with Crippen LogP contribution in [0.25, 0.3) is 0 Å². The molecule has 2 amide bonds. The van der Waals surface area contributed by atoms with E-state index < -0.39 is 0 Å². The molecule has 0 bridgehead atoms. The van der Waals surface area contributed by atoms with Crippen molar-refractivity contribution in [3.63, 3.8) is 0 Å². The van der Waals surface area contributed by atoms with Crippen LogP contribution in [0, 0.1) is 0 Å². The lowest BCUT2D eigenvalue weighted by molar-refractivity contribution is 0.252. The highest BCUT2D eigenvalue weighted by atomic mass is 32.1. The van der Waals surface area contributed by atoms with E-state index in [1.165, 1.54) is 4.31 Å². The number of thiol groups is 1. The number of hydrogen-bond donors (Lipinski definition) is 3. The van der Waals surface area contributed by atoms with Crippen LogP contribution in [-0.4, -0.2) is 13.1 Å². The minimum Gasteiger partial charge on any atom is -0.399 e. The number of hydrogen-bond acceptors (Lipinski definition) is 3. The van der Waals surface area contributed by atoms with Crippen LogP contribution >= 0.6 is 12.8 Å². The van der Waals surface area contributed by atoms with E-state index in [9.17, 15) is 4.79 Å². The zero-order valence-electron chi connectivity index (χ0n) is 7.19. The number of anilines is 2. The highest BCUT2D eigenvalue weighted by Gasteiger charge is 2.08. The fourth-order valence-corrected chi connectivity index (χ4v) is 1.07. The van der Waals surface area contributed by atoms with Gasteiger partial charge in [-0.2, -0.15) is 0 Å². The summed E-state index contributed by atoms with van der Waals surface area (Å²) < 4.78 is 1.21.